The highest BCUT2D eigenvalue weighted by Crippen LogP contribution is 2.36. The third-order valence-electron chi connectivity index (χ3n) is 6.05. The number of alkyl carbamates (subject to hydrolysis) is 1. The second-order valence-electron chi connectivity index (χ2n) is 8.67. The maximum atomic E-state index is 12.1. The molecule has 13 nitrogen and oxygen atoms in total. The molecule has 0 aromatic carbocycles. The second kappa shape index (κ2) is 13.8. The lowest BCUT2D eigenvalue weighted by molar-refractivity contribution is -0.383. The van der Waals surface area contributed by atoms with E-state index in [1.165, 1.54) is 0 Å². The van der Waals surface area contributed by atoms with E-state index < -0.39 is 80.7 Å². The van der Waals surface area contributed by atoms with Crippen LogP contribution in [0, 0.1) is 0 Å². The topological polar surface area (TPSA) is 208 Å². The SMILES string of the molecule is CCCCCCCCNC(=O)OC[C@@]1(O[C@H]2O[C@H](CO)[C@@H](O)[C@H](O)[C@H]2O)O[C@H](CO)[C@@H](O)[C@@H]1O. The van der Waals surface area contributed by atoms with Gasteiger partial charge in [0.2, 0.25) is 5.79 Å². The van der Waals surface area contributed by atoms with Crippen LogP contribution < -0.4 is 5.32 Å². The Kier molecular flexibility index (Phi) is 11.8. The van der Waals surface area contributed by atoms with Gasteiger partial charge in [-0.25, -0.2) is 4.79 Å². The van der Waals surface area contributed by atoms with Gasteiger partial charge in [-0.3, -0.25) is 0 Å². The average Bonchev–Trinajstić information content (AvgIpc) is 3.07. The number of aliphatic hydroxyl groups excluding tert-OH is 7. The summed E-state index contributed by atoms with van der Waals surface area (Å²) in [6.45, 7) is 0.289. The highest BCUT2D eigenvalue weighted by Gasteiger charge is 2.59. The van der Waals surface area contributed by atoms with Gasteiger partial charge in [0.25, 0.3) is 0 Å². The lowest BCUT2D eigenvalue weighted by Crippen LogP contribution is -2.63. The molecule has 2 aliphatic heterocycles. The number of nitrogens with one attached hydrogen (secondary N) is 1. The maximum Gasteiger partial charge on any atom is 0.407 e. The van der Waals surface area contributed by atoms with Gasteiger partial charge in [-0.15, -0.1) is 0 Å². The van der Waals surface area contributed by atoms with Crippen molar-refractivity contribution in [1.29, 1.82) is 0 Å². The summed E-state index contributed by atoms with van der Waals surface area (Å²) in [4.78, 5) is 12.1. The monoisotopic (exact) mass is 497 g/mol. The van der Waals surface area contributed by atoms with Gasteiger partial charge < -0.3 is 60.0 Å². The summed E-state index contributed by atoms with van der Waals surface area (Å²) in [5, 5.41) is 72.3. The molecule has 9 atom stereocenters. The van der Waals surface area contributed by atoms with Gasteiger partial charge >= 0.3 is 6.09 Å². The van der Waals surface area contributed by atoms with Crippen LogP contribution in [0.2, 0.25) is 0 Å². The van der Waals surface area contributed by atoms with E-state index in [2.05, 4.69) is 12.2 Å². The van der Waals surface area contributed by atoms with Crippen molar-refractivity contribution in [2.75, 3.05) is 26.4 Å². The Morgan fingerprint density at radius 2 is 1.53 bits per heavy atom. The first-order valence-corrected chi connectivity index (χ1v) is 11.7. The molecule has 0 radical (unpaired) electrons. The minimum Gasteiger partial charge on any atom is -0.444 e. The third kappa shape index (κ3) is 7.20. The van der Waals surface area contributed by atoms with E-state index in [0.29, 0.717) is 6.54 Å². The molecule has 0 spiro atoms. The standard InChI is InChI=1S/C21H39NO12/c1-2-3-4-5-6-7-8-22-20(30)31-11-21(18(29)15(26)13(10-24)33-21)34-19-17(28)16(27)14(25)12(9-23)32-19/h12-19,23-29H,2-11H2,1H3,(H,22,30)/t12-,13-,14-,15-,16+,17-,18+,19-,21+/m1/s1. The Balaban J connectivity index is 2.00. The molecule has 2 rings (SSSR count). The van der Waals surface area contributed by atoms with Gasteiger partial charge in [0, 0.05) is 6.54 Å². The summed E-state index contributed by atoms with van der Waals surface area (Å²) in [7, 11) is 0. The summed E-state index contributed by atoms with van der Waals surface area (Å²) in [5.74, 6) is -2.28. The first-order valence-electron chi connectivity index (χ1n) is 11.7. The summed E-state index contributed by atoms with van der Waals surface area (Å²) in [5.41, 5.74) is 0. The van der Waals surface area contributed by atoms with Gasteiger partial charge in [0.1, 0.15) is 42.7 Å². The quantitative estimate of drug-likeness (QED) is 0.126. The number of unbranched alkanes of at least 4 members (excludes halogenated alkanes) is 5. The van der Waals surface area contributed by atoms with Crippen LogP contribution in [0.1, 0.15) is 45.4 Å². The number of carbonyl (C=O) groups is 1. The molecule has 2 heterocycles. The lowest BCUT2D eigenvalue weighted by atomic mass is 9.99. The number of rotatable bonds is 13. The van der Waals surface area contributed by atoms with Crippen LogP contribution >= 0.6 is 0 Å². The van der Waals surface area contributed by atoms with Gasteiger partial charge in [0.05, 0.1) is 13.2 Å². The van der Waals surface area contributed by atoms with Gasteiger partial charge in [-0.1, -0.05) is 39.0 Å². The molecule has 34 heavy (non-hydrogen) atoms. The van der Waals surface area contributed by atoms with E-state index in [0.717, 1.165) is 38.5 Å². The van der Waals surface area contributed by atoms with Crippen molar-refractivity contribution in [1.82, 2.24) is 5.32 Å². The average molecular weight is 498 g/mol. The van der Waals surface area contributed by atoms with Crippen molar-refractivity contribution in [3.63, 3.8) is 0 Å². The zero-order valence-electron chi connectivity index (χ0n) is 19.4. The van der Waals surface area contributed by atoms with Crippen LogP contribution in [0.3, 0.4) is 0 Å². The summed E-state index contributed by atoms with van der Waals surface area (Å²) < 4.78 is 21.4. The molecule has 0 unspecified atom stereocenters. The molecular formula is C21H39NO12. The van der Waals surface area contributed by atoms with Crippen molar-refractivity contribution < 1.29 is 59.5 Å². The molecule has 13 heteroatoms. The van der Waals surface area contributed by atoms with E-state index in [1.807, 2.05) is 0 Å². The van der Waals surface area contributed by atoms with Crippen molar-refractivity contribution in [2.24, 2.45) is 0 Å². The summed E-state index contributed by atoms with van der Waals surface area (Å²) in [6, 6.07) is 0. The van der Waals surface area contributed by atoms with Crippen molar-refractivity contribution >= 4 is 6.09 Å². The molecule has 2 saturated heterocycles. The van der Waals surface area contributed by atoms with Crippen molar-refractivity contribution in [2.45, 2.75) is 100 Å². The van der Waals surface area contributed by atoms with Gasteiger partial charge in [-0.2, -0.15) is 0 Å². The first-order chi connectivity index (χ1) is 16.2. The highest BCUT2D eigenvalue weighted by molar-refractivity contribution is 5.67. The molecular weight excluding hydrogens is 458 g/mol. The molecule has 0 saturated carbocycles. The molecule has 0 bridgehead atoms. The van der Waals surface area contributed by atoms with Crippen LogP contribution in [-0.4, -0.2) is 123 Å². The van der Waals surface area contributed by atoms with Crippen LogP contribution in [0.25, 0.3) is 0 Å². The third-order valence-corrected chi connectivity index (χ3v) is 6.05. The van der Waals surface area contributed by atoms with E-state index in [4.69, 9.17) is 18.9 Å². The van der Waals surface area contributed by atoms with Crippen molar-refractivity contribution in [3.8, 4) is 0 Å². The number of amides is 1. The Morgan fingerprint density at radius 1 is 0.882 bits per heavy atom. The van der Waals surface area contributed by atoms with Crippen molar-refractivity contribution in [3.05, 3.63) is 0 Å². The fraction of sp³-hybridized carbons (Fsp3) is 0.952. The minimum atomic E-state index is -2.28. The molecule has 2 aliphatic rings. The van der Waals surface area contributed by atoms with Crippen LogP contribution in [0.4, 0.5) is 4.79 Å². The van der Waals surface area contributed by atoms with Crippen LogP contribution in [0.5, 0.6) is 0 Å². The molecule has 0 aromatic heterocycles. The Morgan fingerprint density at radius 3 is 2.15 bits per heavy atom. The zero-order chi connectivity index (χ0) is 25.3. The van der Waals surface area contributed by atoms with E-state index in [-0.39, 0.29) is 0 Å². The predicted octanol–water partition coefficient (Wildman–Crippen LogP) is -2.30. The number of hydrogen-bond donors (Lipinski definition) is 8. The van der Waals surface area contributed by atoms with E-state index in [1.54, 1.807) is 0 Å². The Labute approximate surface area is 198 Å². The molecule has 0 aliphatic carbocycles. The minimum absolute atomic E-state index is 0.358. The Hall–Kier alpha value is -1.13. The zero-order valence-corrected chi connectivity index (χ0v) is 19.4. The lowest BCUT2D eigenvalue weighted by Gasteiger charge is -2.43. The number of ether oxygens (including phenoxy) is 4. The molecule has 0 aromatic rings. The van der Waals surface area contributed by atoms with Crippen LogP contribution in [0.15, 0.2) is 0 Å². The molecule has 200 valence electrons. The smallest absolute Gasteiger partial charge is 0.407 e. The number of carbonyl (C=O) groups excluding carboxylic acids is 1. The van der Waals surface area contributed by atoms with Gasteiger partial charge in [-0.05, 0) is 6.42 Å². The second-order valence-corrected chi connectivity index (χ2v) is 8.67. The predicted molar refractivity (Wildman–Crippen MR) is 114 cm³/mol. The molecule has 2 fully saturated rings. The molecule has 8 N–H and O–H groups in total. The number of hydrogen-bond acceptors (Lipinski definition) is 12. The summed E-state index contributed by atoms with van der Waals surface area (Å²) in [6.07, 6.45) is -7.77. The van der Waals surface area contributed by atoms with Gasteiger partial charge in [0.15, 0.2) is 12.9 Å². The fourth-order valence-electron chi connectivity index (χ4n) is 3.93. The summed E-state index contributed by atoms with van der Waals surface area (Å²) >= 11 is 0. The molecule has 1 amide bonds. The Bertz CT molecular complexity index is 610. The largest absolute Gasteiger partial charge is 0.444 e. The van der Waals surface area contributed by atoms with Crippen LogP contribution in [-0.2, 0) is 18.9 Å². The van der Waals surface area contributed by atoms with E-state index >= 15 is 0 Å². The maximum absolute atomic E-state index is 12.1. The van der Waals surface area contributed by atoms with E-state index in [9.17, 15) is 40.5 Å². The highest BCUT2D eigenvalue weighted by atomic mass is 16.8. The first kappa shape index (κ1) is 29.1. The number of aliphatic hydroxyl groups is 7. The normalized spacial score (nSPS) is 38.1. The fourth-order valence-corrected chi connectivity index (χ4v) is 3.93.